The van der Waals surface area contributed by atoms with Crippen molar-refractivity contribution in [3.8, 4) is 0 Å². The first-order valence-electron chi connectivity index (χ1n) is 15.0. The van der Waals surface area contributed by atoms with Crippen molar-refractivity contribution in [3.63, 3.8) is 0 Å². The molecule has 11 heteroatoms. The Hall–Kier alpha value is -4.51. The van der Waals surface area contributed by atoms with E-state index in [-0.39, 0.29) is 23.8 Å². The molecular weight excluding hydrogens is 547 g/mol. The number of aromatic amines is 1. The summed E-state index contributed by atoms with van der Waals surface area (Å²) in [7, 11) is 0. The molecule has 1 saturated carbocycles. The first-order chi connectivity index (χ1) is 21.0. The van der Waals surface area contributed by atoms with Crippen LogP contribution in [0.5, 0.6) is 0 Å². The molecule has 0 atom stereocenters. The van der Waals surface area contributed by atoms with E-state index in [1.54, 1.807) is 6.20 Å². The standard InChI is InChI=1S/C32H37FN8O2/c1-2-27(42)36-22-7-9-23(10-8-22)37-31-28-26(29(43)20-3-5-21(33)6-4-20)19-35-30(28)39-32(40-31)38-24-11-13-25(14-12-24)41-17-15-34-16-18-41/h3-6,11-14,19,22-23,34H,2,7-10,15-18H2,1H3,(H,36,42)(H3,35,37,38,39,40). The number of piperazine rings is 1. The zero-order valence-corrected chi connectivity index (χ0v) is 24.3. The average Bonchev–Trinajstić information content (AvgIpc) is 3.47. The van der Waals surface area contributed by atoms with Crippen molar-refractivity contribution in [2.75, 3.05) is 41.7 Å². The molecule has 2 fully saturated rings. The molecule has 6 rings (SSSR count). The number of fused-ring (bicyclic) bond motifs is 1. The maximum atomic E-state index is 13.5. The Labute approximate surface area is 249 Å². The SMILES string of the molecule is CCC(=O)NC1CCC(Nc2nc(Nc3ccc(N4CCNCC4)cc3)nc3[nH]cc(C(=O)c4ccc(F)cc4)c23)CC1. The lowest BCUT2D eigenvalue weighted by Gasteiger charge is -2.30. The number of hydrogen-bond acceptors (Lipinski definition) is 8. The van der Waals surface area contributed by atoms with E-state index in [1.807, 2.05) is 19.1 Å². The van der Waals surface area contributed by atoms with E-state index in [1.165, 1.54) is 30.0 Å². The molecule has 0 bridgehead atoms. The third-order valence-corrected chi connectivity index (χ3v) is 8.24. The van der Waals surface area contributed by atoms with E-state index in [4.69, 9.17) is 9.97 Å². The number of H-pyrrole nitrogens is 1. The molecule has 5 N–H and O–H groups in total. The van der Waals surface area contributed by atoms with Gasteiger partial charge in [0.2, 0.25) is 11.9 Å². The van der Waals surface area contributed by atoms with Gasteiger partial charge in [0.1, 0.15) is 17.3 Å². The second-order valence-corrected chi connectivity index (χ2v) is 11.2. The molecule has 2 aliphatic rings. The van der Waals surface area contributed by atoms with Gasteiger partial charge in [-0.2, -0.15) is 9.97 Å². The van der Waals surface area contributed by atoms with Crippen LogP contribution in [0.1, 0.15) is 54.9 Å². The summed E-state index contributed by atoms with van der Waals surface area (Å²) in [5.74, 6) is 0.382. The Balaban J connectivity index is 1.27. The molecular formula is C32H37FN8O2. The number of ketones is 1. The predicted octanol–water partition coefficient (Wildman–Crippen LogP) is 4.73. The van der Waals surface area contributed by atoms with Crippen LogP contribution in [-0.2, 0) is 4.79 Å². The topological polar surface area (TPSA) is 127 Å². The minimum atomic E-state index is -0.399. The van der Waals surface area contributed by atoms with Crippen LogP contribution in [-0.4, -0.2) is 64.9 Å². The van der Waals surface area contributed by atoms with Crippen LogP contribution in [0.25, 0.3) is 11.0 Å². The van der Waals surface area contributed by atoms with Gasteiger partial charge in [-0.15, -0.1) is 0 Å². The van der Waals surface area contributed by atoms with Crippen LogP contribution in [0.4, 0.5) is 27.5 Å². The summed E-state index contributed by atoms with van der Waals surface area (Å²) in [6.07, 6.45) is 5.53. The van der Waals surface area contributed by atoms with Gasteiger partial charge in [0, 0.05) is 67.8 Å². The van der Waals surface area contributed by atoms with Crippen LogP contribution in [0, 0.1) is 5.82 Å². The van der Waals surface area contributed by atoms with Crippen LogP contribution in [0.15, 0.2) is 54.7 Å². The Kier molecular flexibility index (Phi) is 8.50. The van der Waals surface area contributed by atoms with E-state index < -0.39 is 5.82 Å². The molecule has 10 nitrogen and oxygen atoms in total. The Morgan fingerprint density at radius 1 is 0.953 bits per heavy atom. The lowest BCUT2D eigenvalue weighted by molar-refractivity contribution is -0.121. The molecule has 43 heavy (non-hydrogen) atoms. The molecule has 3 heterocycles. The highest BCUT2D eigenvalue weighted by atomic mass is 19.1. The van der Waals surface area contributed by atoms with Gasteiger partial charge < -0.3 is 31.2 Å². The number of nitrogens with zero attached hydrogens (tertiary/aromatic N) is 3. The number of nitrogens with one attached hydrogen (secondary N) is 5. The smallest absolute Gasteiger partial charge is 0.231 e. The van der Waals surface area contributed by atoms with E-state index in [0.717, 1.165) is 57.5 Å². The molecule has 0 radical (unpaired) electrons. The van der Waals surface area contributed by atoms with Crippen molar-refractivity contribution < 1.29 is 14.0 Å². The highest BCUT2D eigenvalue weighted by Crippen LogP contribution is 2.31. The van der Waals surface area contributed by atoms with Crippen molar-refractivity contribution in [1.29, 1.82) is 0 Å². The lowest BCUT2D eigenvalue weighted by atomic mass is 9.91. The molecule has 4 aromatic rings. The van der Waals surface area contributed by atoms with Gasteiger partial charge in [-0.1, -0.05) is 6.92 Å². The van der Waals surface area contributed by atoms with E-state index in [2.05, 4.69) is 43.3 Å². The summed E-state index contributed by atoms with van der Waals surface area (Å²) >= 11 is 0. The first-order valence-corrected chi connectivity index (χ1v) is 15.0. The van der Waals surface area contributed by atoms with Crippen molar-refractivity contribution in [2.45, 2.75) is 51.1 Å². The average molecular weight is 585 g/mol. The fourth-order valence-electron chi connectivity index (χ4n) is 5.84. The fourth-order valence-corrected chi connectivity index (χ4v) is 5.84. The number of hydrogen-bond donors (Lipinski definition) is 5. The van der Waals surface area contributed by atoms with Gasteiger partial charge in [-0.05, 0) is 74.2 Å². The van der Waals surface area contributed by atoms with Gasteiger partial charge in [-0.25, -0.2) is 4.39 Å². The minimum absolute atomic E-state index is 0.0712. The van der Waals surface area contributed by atoms with Crippen molar-refractivity contribution in [2.24, 2.45) is 0 Å². The minimum Gasteiger partial charge on any atom is -0.369 e. The molecule has 1 aliphatic carbocycles. The normalized spacial score (nSPS) is 18.8. The number of anilines is 4. The summed E-state index contributed by atoms with van der Waals surface area (Å²) in [6.45, 7) is 5.75. The largest absolute Gasteiger partial charge is 0.369 e. The molecule has 1 saturated heterocycles. The summed E-state index contributed by atoms with van der Waals surface area (Å²) < 4.78 is 13.5. The summed E-state index contributed by atoms with van der Waals surface area (Å²) in [6, 6.07) is 14.0. The number of amides is 1. The first kappa shape index (κ1) is 28.6. The van der Waals surface area contributed by atoms with Crippen molar-refractivity contribution in [1.82, 2.24) is 25.6 Å². The van der Waals surface area contributed by atoms with Gasteiger partial charge in [0.15, 0.2) is 5.78 Å². The van der Waals surface area contributed by atoms with Crippen LogP contribution < -0.4 is 26.2 Å². The molecule has 224 valence electrons. The van der Waals surface area contributed by atoms with Gasteiger partial charge in [0.05, 0.1) is 10.9 Å². The third-order valence-electron chi connectivity index (χ3n) is 8.24. The summed E-state index contributed by atoms with van der Waals surface area (Å²) in [5, 5.41) is 14.0. The van der Waals surface area contributed by atoms with E-state index in [0.29, 0.717) is 40.3 Å². The molecule has 0 spiro atoms. The van der Waals surface area contributed by atoms with Gasteiger partial charge in [-0.3, -0.25) is 9.59 Å². The van der Waals surface area contributed by atoms with E-state index >= 15 is 0 Å². The second kappa shape index (κ2) is 12.8. The molecule has 0 unspecified atom stereocenters. The van der Waals surface area contributed by atoms with Crippen LogP contribution >= 0.6 is 0 Å². The zero-order valence-electron chi connectivity index (χ0n) is 24.3. The van der Waals surface area contributed by atoms with E-state index in [9.17, 15) is 14.0 Å². The Morgan fingerprint density at radius 3 is 2.35 bits per heavy atom. The van der Waals surface area contributed by atoms with Crippen LogP contribution in [0.3, 0.4) is 0 Å². The lowest BCUT2D eigenvalue weighted by Crippen LogP contribution is -2.43. The van der Waals surface area contributed by atoms with Gasteiger partial charge in [0.25, 0.3) is 0 Å². The molecule has 2 aromatic carbocycles. The molecule has 2 aromatic heterocycles. The van der Waals surface area contributed by atoms with Crippen molar-refractivity contribution >= 4 is 45.9 Å². The molecule has 1 aliphatic heterocycles. The predicted molar refractivity (Wildman–Crippen MR) is 167 cm³/mol. The maximum absolute atomic E-state index is 13.5. The van der Waals surface area contributed by atoms with Crippen molar-refractivity contribution in [3.05, 3.63) is 71.7 Å². The number of carbonyl (C=O) groups is 2. The number of aromatic nitrogens is 3. The number of carbonyl (C=O) groups excluding carboxylic acids is 2. The fraction of sp³-hybridized carbons (Fsp3) is 0.375. The number of benzene rings is 2. The van der Waals surface area contributed by atoms with Gasteiger partial charge >= 0.3 is 0 Å². The second-order valence-electron chi connectivity index (χ2n) is 11.2. The summed E-state index contributed by atoms with van der Waals surface area (Å²) in [5.41, 5.74) is 3.34. The quantitative estimate of drug-likeness (QED) is 0.179. The highest BCUT2D eigenvalue weighted by Gasteiger charge is 2.25. The van der Waals surface area contributed by atoms with Crippen LogP contribution in [0.2, 0.25) is 0 Å². The Bertz CT molecular complexity index is 1570. The third kappa shape index (κ3) is 6.61. The Morgan fingerprint density at radius 2 is 1.65 bits per heavy atom. The number of halogens is 1. The highest BCUT2D eigenvalue weighted by molar-refractivity contribution is 6.18. The number of rotatable bonds is 9. The monoisotopic (exact) mass is 584 g/mol. The maximum Gasteiger partial charge on any atom is 0.231 e. The zero-order chi connectivity index (χ0) is 29.8. The molecule has 1 amide bonds. The summed E-state index contributed by atoms with van der Waals surface area (Å²) in [4.78, 5) is 40.4.